The van der Waals surface area contributed by atoms with Gasteiger partial charge >= 0.3 is 0 Å². The van der Waals surface area contributed by atoms with Crippen LogP contribution in [0.5, 0.6) is 0 Å². The summed E-state index contributed by atoms with van der Waals surface area (Å²) in [5.74, 6) is -0.293. The van der Waals surface area contributed by atoms with Gasteiger partial charge in [-0.15, -0.1) is 0 Å². The van der Waals surface area contributed by atoms with Crippen molar-refractivity contribution < 1.29 is 9.59 Å². The summed E-state index contributed by atoms with van der Waals surface area (Å²) in [6, 6.07) is 7.02. The lowest BCUT2D eigenvalue weighted by Crippen LogP contribution is -2.37. The lowest BCUT2D eigenvalue weighted by molar-refractivity contribution is 0.0590. The highest BCUT2D eigenvalue weighted by Gasteiger charge is 2.37. The van der Waals surface area contributed by atoms with Gasteiger partial charge in [-0.3, -0.25) is 14.5 Å². The molecule has 90 valence electrons. The number of rotatable bonds is 4. The first-order valence-corrected chi connectivity index (χ1v) is 7.22. The van der Waals surface area contributed by atoms with Gasteiger partial charge in [0.25, 0.3) is 11.8 Å². The van der Waals surface area contributed by atoms with E-state index in [1.165, 1.54) is 4.90 Å². The van der Waals surface area contributed by atoms with Crippen LogP contribution >= 0.6 is 22.6 Å². The van der Waals surface area contributed by atoms with Crippen molar-refractivity contribution in [2.45, 2.75) is 25.8 Å². The molecule has 0 bridgehead atoms. The molecule has 1 atom stereocenters. The number of carbonyl (C=O) groups excluding carboxylic acids is 2. The van der Waals surface area contributed by atoms with Crippen LogP contribution in [-0.2, 0) is 0 Å². The summed E-state index contributed by atoms with van der Waals surface area (Å²) < 4.78 is 1.05. The third-order valence-electron chi connectivity index (χ3n) is 3.02. The second kappa shape index (κ2) is 5.16. The summed E-state index contributed by atoms with van der Waals surface area (Å²) in [7, 11) is 0. The SMILES string of the molecule is CC(CCCI)N1C(=O)c2ccccc2C1=O. The summed E-state index contributed by atoms with van der Waals surface area (Å²) >= 11 is 2.31. The molecule has 0 aliphatic carbocycles. The Morgan fingerprint density at radius 3 is 2.18 bits per heavy atom. The number of alkyl halides is 1. The third-order valence-corrected chi connectivity index (χ3v) is 3.78. The Hall–Kier alpha value is -0.910. The topological polar surface area (TPSA) is 37.4 Å². The molecule has 1 aromatic rings. The van der Waals surface area contributed by atoms with Crippen molar-refractivity contribution in [3.05, 3.63) is 35.4 Å². The van der Waals surface area contributed by atoms with E-state index in [1.807, 2.05) is 6.92 Å². The lowest BCUT2D eigenvalue weighted by atomic mass is 10.1. The monoisotopic (exact) mass is 343 g/mol. The average Bonchev–Trinajstić information content (AvgIpc) is 2.60. The number of hydrogen-bond acceptors (Lipinski definition) is 2. The van der Waals surface area contributed by atoms with E-state index >= 15 is 0 Å². The maximum Gasteiger partial charge on any atom is 0.261 e. The molecule has 0 radical (unpaired) electrons. The zero-order chi connectivity index (χ0) is 12.4. The van der Waals surface area contributed by atoms with Crippen LogP contribution in [0.2, 0.25) is 0 Å². The van der Waals surface area contributed by atoms with E-state index in [9.17, 15) is 9.59 Å². The van der Waals surface area contributed by atoms with E-state index < -0.39 is 0 Å². The molecule has 0 spiro atoms. The molecule has 1 aliphatic rings. The van der Waals surface area contributed by atoms with E-state index in [-0.39, 0.29) is 17.9 Å². The van der Waals surface area contributed by atoms with Crippen molar-refractivity contribution in [3.8, 4) is 0 Å². The van der Waals surface area contributed by atoms with Gasteiger partial charge in [0.05, 0.1) is 11.1 Å². The van der Waals surface area contributed by atoms with Crippen LogP contribution in [0.3, 0.4) is 0 Å². The maximum atomic E-state index is 12.1. The fourth-order valence-corrected chi connectivity index (χ4v) is 2.55. The number of nitrogens with zero attached hydrogens (tertiary/aromatic N) is 1. The molecule has 17 heavy (non-hydrogen) atoms. The fraction of sp³-hybridized carbons (Fsp3) is 0.385. The molecule has 0 fully saturated rings. The fourth-order valence-electron chi connectivity index (χ4n) is 2.11. The van der Waals surface area contributed by atoms with Crippen LogP contribution in [0, 0.1) is 0 Å². The zero-order valence-electron chi connectivity index (χ0n) is 9.65. The Morgan fingerprint density at radius 2 is 1.71 bits per heavy atom. The predicted molar refractivity (Wildman–Crippen MR) is 74.5 cm³/mol. The molecule has 1 aromatic carbocycles. The number of carbonyl (C=O) groups is 2. The minimum atomic E-state index is -0.147. The largest absolute Gasteiger partial charge is 0.272 e. The highest BCUT2D eigenvalue weighted by molar-refractivity contribution is 14.1. The Bertz CT molecular complexity index is 423. The number of halogens is 1. The second-order valence-electron chi connectivity index (χ2n) is 4.21. The maximum absolute atomic E-state index is 12.1. The number of hydrogen-bond donors (Lipinski definition) is 0. The summed E-state index contributed by atoms with van der Waals surface area (Å²) in [4.78, 5) is 25.6. The van der Waals surface area contributed by atoms with Crippen molar-refractivity contribution in [1.29, 1.82) is 0 Å². The van der Waals surface area contributed by atoms with Crippen LogP contribution in [0.15, 0.2) is 24.3 Å². The van der Waals surface area contributed by atoms with Gasteiger partial charge in [0.15, 0.2) is 0 Å². The van der Waals surface area contributed by atoms with Crippen LogP contribution in [0.1, 0.15) is 40.5 Å². The van der Waals surface area contributed by atoms with Crippen LogP contribution in [-0.4, -0.2) is 27.2 Å². The number of benzene rings is 1. The molecule has 3 nitrogen and oxygen atoms in total. The standard InChI is InChI=1S/C13H14INO2/c1-9(5-4-8-14)15-12(16)10-6-2-3-7-11(10)13(15)17/h2-3,6-7,9H,4-5,8H2,1H3. The molecule has 0 N–H and O–H groups in total. The molecule has 1 heterocycles. The Labute approximate surface area is 114 Å². The Kier molecular flexibility index (Phi) is 3.81. The van der Waals surface area contributed by atoms with Crippen LogP contribution in [0.4, 0.5) is 0 Å². The summed E-state index contributed by atoms with van der Waals surface area (Å²) in [6.07, 6.45) is 1.89. The van der Waals surface area contributed by atoms with Crippen LogP contribution in [0.25, 0.3) is 0 Å². The van der Waals surface area contributed by atoms with E-state index in [0.29, 0.717) is 11.1 Å². The van der Waals surface area contributed by atoms with Gasteiger partial charge in [-0.05, 0) is 36.3 Å². The van der Waals surface area contributed by atoms with Crippen molar-refractivity contribution in [2.75, 3.05) is 4.43 Å². The second-order valence-corrected chi connectivity index (χ2v) is 5.28. The van der Waals surface area contributed by atoms with Crippen molar-refractivity contribution >= 4 is 34.4 Å². The normalized spacial score (nSPS) is 16.2. The minimum Gasteiger partial charge on any atom is -0.272 e. The van der Waals surface area contributed by atoms with Gasteiger partial charge in [0, 0.05) is 6.04 Å². The molecule has 0 saturated carbocycles. The Balaban J connectivity index is 2.24. The average molecular weight is 343 g/mol. The predicted octanol–water partition coefficient (Wildman–Crippen LogP) is 2.89. The quantitative estimate of drug-likeness (QED) is 0.479. The molecule has 0 aromatic heterocycles. The van der Waals surface area contributed by atoms with Gasteiger partial charge in [0.1, 0.15) is 0 Å². The molecule has 2 rings (SSSR count). The number of imide groups is 1. The summed E-state index contributed by atoms with van der Waals surface area (Å²) in [5.41, 5.74) is 1.08. The molecule has 1 unspecified atom stereocenters. The van der Waals surface area contributed by atoms with E-state index in [2.05, 4.69) is 22.6 Å². The number of amides is 2. The van der Waals surface area contributed by atoms with Crippen molar-refractivity contribution in [3.63, 3.8) is 0 Å². The molecule has 0 saturated heterocycles. The number of fused-ring (bicyclic) bond motifs is 1. The first-order valence-electron chi connectivity index (χ1n) is 5.69. The lowest BCUT2D eigenvalue weighted by Gasteiger charge is -2.22. The summed E-state index contributed by atoms with van der Waals surface area (Å²) in [6.45, 7) is 1.94. The van der Waals surface area contributed by atoms with E-state index in [4.69, 9.17) is 0 Å². The molecule has 2 amide bonds. The zero-order valence-corrected chi connectivity index (χ0v) is 11.8. The molecular weight excluding hydrogens is 329 g/mol. The highest BCUT2D eigenvalue weighted by atomic mass is 127. The molecule has 4 heteroatoms. The van der Waals surface area contributed by atoms with Gasteiger partial charge < -0.3 is 0 Å². The third kappa shape index (κ3) is 2.22. The van der Waals surface area contributed by atoms with Crippen molar-refractivity contribution in [1.82, 2.24) is 4.90 Å². The summed E-state index contributed by atoms with van der Waals surface area (Å²) in [5, 5.41) is 0. The van der Waals surface area contributed by atoms with Gasteiger partial charge in [-0.1, -0.05) is 34.7 Å². The molecular formula is C13H14INO2. The van der Waals surface area contributed by atoms with Gasteiger partial charge in [-0.25, -0.2) is 0 Å². The minimum absolute atomic E-state index is 0.0165. The van der Waals surface area contributed by atoms with E-state index in [1.54, 1.807) is 24.3 Å². The van der Waals surface area contributed by atoms with Crippen LogP contribution < -0.4 is 0 Å². The highest BCUT2D eigenvalue weighted by Crippen LogP contribution is 2.25. The molecule has 1 aliphatic heterocycles. The van der Waals surface area contributed by atoms with E-state index in [0.717, 1.165) is 17.3 Å². The smallest absolute Gasteiger partial charge is 0.261 e. The van der Waals surface area contributed by atoms with Crippen molar-refractivity contribution in [2.24, 2.45) is 0 Å². The first-order chi connectivity index (χ1) is 8.16. The van der Waals surface area contributed by atoms with Gasteiger partial charge in [-0.2, -0.15) is 0 Å². The first kappa shape index (κ1) is 12.5. The Morgan fingerprint density at radius 1 is 1.18 bits per heavy atom. The van der Waals surface area contributed by atoms with Gasteiger partial charge in [0.2, 0.25) is 0 Å².